The quantitative estimate of drug-likeness (QED) is 0.882. The molecule has 1 saturated carbocycles. The normalized spacial score (nSPS) is 15.7. The van der Waals surface area contributed by atoms with Gasteiger partial charge in [0.05, 0.1) is 5.69 Å². The summed E-state index contributed by atoms with van der Waals surface area (Å²) >= 11 is 0. The van der Waals surface area contributed by atoms with Crippen LogP contribution in [0.15, 0.2) is 36.7 Å². The van der Waals surface area contributed by atoms with E-state index < -0.39 is 0 Å². The standard InChI is InChI=1S/C17H23N3/c1-2-7-14-8-3-6-11-16(14)20-13-12-18-17(20)19-15-9-4-5-10-15/h3,6,8,11-13,15H,2,4-5,7,9-10H2,1H3,(H,18,19). The van der Waals surface area contributed by atoms with E-state index in [1.807, 2.05) is 6.20 Å². The Morgan fingerprint density at radius 2 is 2.05 bits per heavy atom. The first-order valence-corrected chi connectivity index (χ1v) is 7.76. The van der Waals surface area contributed by atoms with Crippen LogP contribution in [-0.4, -0.2) is 15.6 Å². The number of nitrogens with zero attached hydrogens (tertiary/aromatic N) is 2. The van der Waals surface area contributed by atoms with Gasteiger partial charge < -0.3 is 5.32 Å². The molecule has 1 heterocycles. The Morgan fingerprint density at radius 3 is 2.85 bits per heavy atom. The largest absolute Gasteiger partial charge is 0.353 e. The van der Waals surface area contributed by atoms with E-state index >= 15 is 0 Å². The zero-order valence-corrected chi connectivity index (χ0v) is 12.2. The molecule has 0 spiro atoms. The Bertz CT molecular complexity index is 553. The van der Waals surface area contributed by atoms with Crippen molar-refractivity contribution in [2.45, 2.75) is 51.5 Å². The van der Waals surface area contributed by atoms with E-state index in [0.29, 0.717) is 6.04 Å². The van der Waals surface area contributed by atoms with Crippen LogP contribution < -0.4 is 5.32 Å². The molecule has 0 amide bonds. The highest BCUT2D eigenvalue weighted by molar-refractivity contribution is 5.47. The zero-order chi connectivity index (χ0) is 13.8. The first-order chi connectivity index (χ1) is 9.88. The van der Waals surface area contributed by atoms with E-state index in [2.05, 4.69) is 52.3 Å². The maximum atomic E-state index is 4.51. The molecule has 0 atom stereocenters. The van der Waals surface area contributed by atoms with Gasteiger partial charge in [-0.25, -0.2) is 4.98 Å². The molecule has 1 aliphatic rings. The number of nitrogens with one attached hydrogen (secondary N) is 1. The number of anilines is 1. The molecular formula is C17H23N3. The first-order valence-electron chi connectivity index (χ1n) is 7.76. The molecule has 2 aromatic rings. The minimum absolute atomic E-state index is 0.592. The second-order valence-corrected chi connectivity index (χ2v) is 5.63. The van der Waals surface area contributed by atoms with Crippen LogP contribution in [0.1, 0.15) is 44.6 Å². The lowest BCUT2D eigenvalue weighted by molar-refractivity contribution is 0.739. The summed E-state index contributed by atoms with van der Waals surface area (Å²) in [5, 5.41) is 3.61. The topological polar surface area (TPSA) is 29.9 Å². The molecule has 1 fully saturated rings. The van der Waals surface area contributed by atoms with Crippen molar-refractivity contribution >= 4 is 5.95 Å². The fraction of sp³-hybridized carbons (Fsp3) is 0.471. The van der Waals surface area contributed by atoms with Gasteiger partial charge in [0.2, 0.25) is 5.95 Å². The summed E-state index contributed by atoms with van der Waals surface area (Å²) in [6.45, 7) is 2.22. The molecule has 3 heteroatoms. The zero-order valence-electron chi connectivity index (χ0n) is 12.2. The molecule has 3 nitrogen and oxygen atoms in total. The van der Waals surface area contributed by atoms with Gasteiger partial charge in [-0.15, -0.1) is 0 Å². The van der Waals surface area contributed by atoms with E-state index in [9.17, 15) is 0 Å². The number of aromatic nitrogens is 2. The fourth-order valence-corrected chi connectivity index (χ4v) is 3.08. The van der Waals surface area contributed by atoms with Crippen LogP contribution in [0.25, 0.3) is 5.69 Å². The van der Waals surface area contributed by atoms with Crippen LogP contribution in [-0.2, 0) is 6.42 Å². The van der Waals surface area contributed by atoms with Gasteiger partial charge in [-0.2, -0.15) is 0 Å². The summed E-state index contributed by atoms with van der Waals surface area (Å²) in [5.41, 5.74) is 2.65. The third-order valence-electron chi connectivity index (χ3n) is 4.10. The molecule has 20 heavy (non-hydrogen) atoms. The van der Waals surface area contributed by atoms with Gasteiger partial charge in [-0.1, -0.05) is 44.4 Å². The number of para-hydroxylation sites is 1. The maximum absolute atomic E-state index is 4.51. The predicted molar refractivity (Wildman–Crippen MR) is 83.4 cm³/mol. The summed E-state index contributed by atoms with van der Waals surface area (Å²) in [6.07, 6.45) is 11.4. The molecule has 0 aliphatic heterocycles. The number of rotatable bonds is 5. The molecule has 0 unspecified atom stereocenters. The molecule has 1 N–H and O–H groups in total. The Hall–Kier alpha value is -1.77. The Labute approximate surface area is 121 Å². The molecule has 106 valence electrons. The second kappa shape index (κ2) is 6.12. The van der Waals surface area contributed by atoms with Crippen molar-refractivity contribution in [3.05, 3.63) is 42.2 Å². The van der Waals surface area contributed by atoms with Gasteiger partial charge in [0, 0.05) is 18.4 Å². The number of benzene rings is 1. The number of imidazole rings is 1. The highest BCUT2D eigenvalue weighted by Crippen LogP contribution is 2.24. The van der Waals surface area contributed by atoms with E-state index in [1.165, 1.54) is 36.9 Å². The van der Waals surface area contributed by atoms with E-state index in [0.717, 1.165) is 18.8 Å². The fourth-order valence-electron chi connectivity index (χ4n) is 3.08. The lowest BCUT2D eigenvalue weighted by Gasteiger charge is -2.16. The van der Waals surface area contributed by atoms with Crippen molar-refractivity contribution in [1.29, 1.82) is 0 Å². The van der Waals surface area contributed by atoms with Gasteiger partial charge in [-0.05, 0) is 30.9 Å². The van der Waals surface area contributed by atoms with Crippen LogP contribution >= 0.6 is 0 Å². The van der Waals surface area contributed by atoms with Gasteiger partial charge in [0.1, 0.15) is 0 Å². The van der Waals surface area contributed by atoms with Crippen molar-refractivity contribution < 1.29 is 0 Å². The summed E-state index contributed by atoms with van der Waals surface area (Å²) in [5.74, 6) is 0.987. The maximum Gasteiger partial charge on any atom is 0.207 e. The summed E-state index contributed by atoms with van der Waals surface area (Å²) in [6, 6.07) is 9.23. The van der Waals surface area contributed by atoms with Crippen LogP contribution in [0.5, 0.6) is 0 Å². The average Bonchev–Trinajstić information content (AvgIpc) is 3.12. The third kappa shape index (κ3) is 2.72. The van der Waals surface area contributed by atoms with Gasteiger partial charge in [0.15, 0.2) is 0 Å². The van der Waals surface area contributed by atoms with Crippen molar-refractivity contribution in [2.75, 3.05) is 5.32 Å². The van der Waals surface area contributed by atoms with E-state index in [4.69, 9.17) is 0 Å². The molecular weight excluding hydrogens is 246 g/mol. The monoisotopic (exact) mass is 269 g/mol. The molecule has 1 aromatic carbocycles. The Kier molecular flexibility index (Phi) is 4.05. The lowest BCUT2D eigenvalue weighted by Crippen LogP contribution is -2.18. The highest BCUT2D eigenvalue weighted by Gasteiger charge is 2.17. The smallest absolute Gasteiger partial charge is 0.207 e. The van der Waals surface area contributed by atoms with Crippen molar-refractivity contribution in [3.63, 3.8) is 0 Å². The van der Waals surface area contributed by atoms with Gasteiger partial charge in [-0.3, -0.25) is 4.57 Å². The SMILES string of the molecule is CCCc1ccccc1-n1ccnc1NC1CCCC1. The van der Waals surface area contributed by atoms with E-state index in [1.54, 1.807) is 0 Å². The van der Waals surface area contributed by atoms with Crippen LogP contribution in [0.2, 0.25) is 0 Å². The Balaban J connectivity index is 1.88. The van der Waals surface area contributed by atoms with Gasteiger partial charge >= 0.3 is 0 Å². The number of hydrogen-bond donors (Lipinski definition) is 1. The van der Waals surface area contributed by atoms with Gasteiger partial charge in [0.25, 0.3) is 0 Å². The molecule has 1 aliphatic carbocycles. The van der Waals surface area contributed by atoms with Crippen LogP contribution in [0, 0.1) is 0 Å². The number of hydrogen-bond acceptors (Lipinski definition) is 2. The first kappa shape index (κ1) is 13.2. The molecule has 1 aromatic heterocycles. The van der Waals surface area contributed by atoms with Crippen LogP contribution in [0.4, 0.5) is 5.95 Å². The molecule has 0 bridgehead atoms. The molecule has 3 rings (SSSR count). The summed E-state index contributed by atoms with van der Waals surface area (Å²) < 4.78 is 2.20. The summed E-state index contributed by atoms with van der Waals surface area (Å²) in [7, 11) is 0. The average molecular weight is 269 g/mol. The van der Waals surface area contributed by atoms with E-state index in [-0.39, 0.29) is 0 Å². The molecule has 0 saturated heterocycles. The number of aryl methyl sites for hydroxylation is 1. The minimum Gasteiger partial charge on any atom is -0.353 e. The van der Waals surface area contributed by atoms with Crippen molar-refractivity contribution in [1.82, 2.24) is 9.55 Å². The lowest BCUT2D eigenvalue weighted by atomic mass is 10.1. The summed E-state index contributed by atoms with van der Waals surface area (Å²) in [4.78, 5) is 4.51. The molecule has 0 radical (unpaired) electrons. The van der Waals surface area contributed by atoms with Crippen molar-refractivity contribution in [2.24, 2.45) is 0 Å². The second-order valence-electron chi connectivity index (χ2n) is 5.63. The van der Waals surface area contributed by atoms with Crippen LogP contribution in [0.3, 0.4) is 0 Å². The van der Waals surface area contributed by atoms with Crippen molar-refractivity contribution in [3.8, 4) is 5.69 Å². The highest BCUT2D eigenvalue weighted by atomic mass is 15.2. The minimum atomic E-state index is 0.592. The predicted octanol–water partition coefficient (Wildman–Crippen LogP) is 4.18. The third-order valence-corrected chi connectivity index (χ3v) is 4.10. The Morgan fingerprint density at radius 1 is 1.25 bits per heavy atom.